The van der Waals surface area contributed by atoms with E-state index in [-0.39, 0.29) is 0 Å². The van der Waals surface area contributed by atoms with Gasteiger partial charge in [-0.1, -0.05) is 44.2 Å². The van der Waals surface area contributed by atoms with Crippen molar-refractivity contribution in [1.29, 1.82) is 0 Å². The summed E-state index contributed by atoms with van der Waals surface area (Å²) in [5.41, 5.74) is 1.36. The Kier molecular flexibility index (Phi) is 5.27. The van der Waals surface area contributed by atoms with E-state index in [2.05, 4.69) is 54.8 Å². The fourth-order valence-electron chi connectivity index (χ4n) is 1.53. The monoisotopic (exact) mass is 192 g/mol. The Morgan fingerprint density at radius 2 is 1.79 bits per heavy atom. The Labute approximate surface area is 86.7 Å². The van der Waals surface area contributed by atoms with Crippen LogP contribution in [-0.4, -0.2) is 19.6 Å². The number of nitrogens with one attached hydrogen (secondary N) is 2. The van der Waals surface area contributed by atoms with Crippen LogP contribution in [0.15, 0.2) is 30.3 Å². The lowest BCUT2D eigenvalue weighted by atomic mass is 10.1. The molecule has 0 aliphatic carbocycles. The quantitative estimate of drug-likeness (QED) is 0.720. The molecule has 1 aromatic carbocycles. The maximum Gasteiger partial charge on any atom is 0.0446 e. The maximum absolute atomic E-state index is 3.47. The van der Waals surface area contributed by atoms with Crippen molar-refractivity contribution in [3.8, 4) is 0 Å². The van der Waals surface area contributed by atoms with Gasteiger partial charge in [0.2, 0.25) is 0 Å². The molecule has 0 aliphatic rings. The Morgan fingerprint density at radius 3 is 2.36 bits per heavy atom. The molecule has 0 radical (unpaired) electrons. The van der Waals surface area contributed by atoms with Crippen LogP contribution in [0, 0.1) is 0 Å². The minimum Gasteiger partial charge on any atom is -0.315 e. The van der Waals surface area contributed by atoms with Crippen molar-refractivity contribution in [2.24, 2.45) is 0 Å². The van der Waals surface area contributed by atoms with Gasteiger partial charge in [0.05, 0.1) is 0 Å². The van der Waals surface area contributed by atoms with Crippen LogP contribution in [0.25, 0.3) is 0 Å². The van der Waals surface area contributed by atoms with E-state index in [1.54, 1.807) is 0 Å². The highest BCUT2D eigenvalue weighted by Gasteiger charge is 2.07. The SMILES string of the molecule is CCNCC(NCC)c1ccccc1. The standard InChI is InChI=1S/C12H20N2/c1-3-13-10-12(14-4-2)11-8-6-5-7-9-11/h5-9,12-14H,3-4,10H2,1-2H3. The van der Waals surface area contributed by atoms with Crippen LogP contribution in [0.2, 0.25) is 0 Å². The zero-order chi connectivity index (χ0) is 10.2. The summed E-state index contributed by atoms with van der Waals surface area (Å²) in [4.78, 5) is 0. The topological polar surface area (TPSA) is 24.1 Å². The van der Waals surface area contributed by atoms with Gasteiger partial charge in [-0.05, 0) is 18.7 Å². The van der Waals surface area contributed by atoms with Crippen molar-refractivity contribution in [3.63, 3.8) is 0 Å². The maximum atomic E-state index is 3.47. The lowest BCUT2D eigenvalue weighted by Gasteiger charge is -2.18. The average Bonchev–Trinajstić information content (AvgIpc) is 2.25. The summed E-state index contributed by atoms with van der Waals surface area (Å²) in [6, 6.07) is 11.0. The molecule has 1 aromatic rings. The largest absolute Gasteiger partial charge is 0.315 e. The van der Waals surface area contributed by atoms with E-state index < -0.39 is 0 Å². The molecule has 2 heteroatoms. The van der Waals surface area contributed by atoms with E-state index >= 15 is 0 Å². The molecule has 14 heavy (non-hydrogen) atoms. The fourth-order valence-corrected chi connectivity index (χ4v) is 1.53. The van der Waals surface area contributed by atoms with E-state index in [1.807, 2.05) is 0 Å². The van der Waals surface area contributed by atoms with Crippen LogP contribution >= 0.6 is 0 Å². The van der Waals surface area contributed by atoms with Gasteiger partial charge in [-0.2, -0.15) is 0 Å². The van der Waals surface area contributed by atoms with Gasteiger partial charge in [0, 0.05) is 12.6 Å². The molecule has 1 rings (SSSR count). The second-order valence-electron chi connectivity index (χ2n) is 3.33. The summed E-state index contributed by atoms with van der Waals surface area (Å²) in [5.74, 6) is 0. The smallest absolute Gasteiger partial charge is 0.0446 e. The number of rotatable bonds is 6. The highest BCUT2D eigenvalue weighted by molar-refractivity contribution is 5.19. The summed E-state index contributed by atoms with van der Waals surface area (Å²) in [6.45, 7) is 7.30. The molecular formula is C12H20N2. The molecule has 1 unspecified atom stereocenters. The first-order valence-corrected chi connectivity index (χ1v) is 5.37. The van der Waals surface area contributed by atoms with Crippen molar-refractivity contribution in [3.05, 3.63) is 35.9 Å². The van der Waals surface area contributed by atoms with Gasteiger partial charge in [0.15, 0.2) is 0 Å². The predicted molar refractivity (Wildman–Crippen MR) is 61.4 cm³/mol. The van der Waals surface area contributed by atoms with Crippen LogP contribution in [0.1, 0.15) is 25.5 Å². The fraction of sp³-hybridized carbons (Fsp3) is 0.500. The molecule has 1 atom stereocenters. The Hall–Kier alpha value is -0.860. The molecule has 2 nitrogen and oxygen atoms in total. The van der Waals surface area contributed by atoms with E-state index in [0.29, 0.717) is 6.04 Å². The van der Waals surface area contributed by atoms with Gasteiger partial charge in [0.1, 0.15) is 0 Å². The third-order valence-corrected chi connectivity index (χ3v) is 2.25. The molecule has 0 fully saturated rings. The van der Waals surface area contributed by atoms with Gasteiger partial charge < -0.3 is 10.6 Å². The zero-order valence-electron chi connectivity index (χ0n) is 9.09. The van der Waals surface area contributed by atoms with Gasteiger partial charge in [-0.25, -0.2) is 0 Å². The lowest BCUT2D eigenvalue weighted by Crippen LogP contribution is -2.31. The van der Waals surface area contributed by atoms with Crippen molar-refractivity contribution >= 4 is 0 Å². The molecule has 0 heterocycles. The van der Waals surface area contributed by atoms with Gasteiger partial charge >= 0.3 is 0 Å². The van der Waals surface area contributed by atoms with Crippen LogP contribution in [-0.2, 0) is 0 Å². The van der Waals surface area contributed by atoms with Crippen LogP contribution < -0.4 is 10.6 Å². The van der Waals surface area contributed by atoms with Crippen molar-refractivity contribution in [2.75, 3.05) is 19.6 Å². The van der Waals surface area contributed by atoms with Crippen molar-refractivity contribution in [1.82, 2.24) is 10.6 Å². The number of hydrogen-bond donors (Lipinski definition) is 2. The second kappa shape index (κ2) is 6.57. The third kappa shape index (κ3) is 3.48. The van der Waals surface area contributed by atoms with Crippen LogP contribution in [0.3, 0.4) is 0 Å². The summed E-state index contributed by atoms with van der Waals surface area (Å²) in [6.07, 6.45) is 0. The van der Waals surface area contributed by atoms with E-state index in [1.165, 1.54) is 5.56 Å². The van der Waals surface area contributed by atoms with Crippen molar-refractivity contribution in [2.45, 2.75) is 19.9 Å². The second-order valence-corrected chi connectivity index (χ2v) is 3.33. The molecule has 0 bridgehead atoms. The minimum atomic E-state index is 0.432. The van der Waals surface area contributed by atoms with Gasteiger partial charge in [-0.15, -0.1) is 0 Å². The summed E-state index contributed by atoms with van der Waals surface area (Å²) in [7, 11) is 0. The van der Waals surface area contributed by atoms with Crippen molar-refractivity contribution < 1.29 is 0 Å². The molecule has 78 valence electrons. The Bertz CT molecular complexity index is 233. The van der Waals surface area contributed by atoms with E-state index in [4.69, 9.17) is 0 Å². The summed E-state index contributed by atoms with van der Waals surface area (Å²) >= 11 is 0. The predicted octanol–water partition coefficient (Wildman–Crippen LogP) is 1.95. The Morgan fingerprint density at radius 1 is 1.07 bits per heavy atom. The molecule has 0 saturated carbocycles. The highest BCUT2D eigenvalue weighted by atomic mass is 15.0. The number of hydrogen-bond acceptors (Lipinski definition) is 2. The third-order valence-electron chi connectivity index (χ3n) is 2.25. The molecule has 0 aliphatic heterocycles. The lowest BCUT2D eigenvalue weighted by molar-refractivity contribution is 0.510. The average molecular weight is 192 g/mol. The van der Waals surface area contributed by atoms with Crippen LogP contribution in [0.5, 0.6) is 0 Å². The normalized spacial score (nSPS) is 12.7. The molecule has 2 N–H and O–H groups in total. The Balaban J connectivity index is 2.58. The van der Waals surface area contributed by atoms with Crippen LogP contribution in [0.4, 0.5) is 0 Å². The van der Waals surface area contributed by atoms with E-state index in [9.17, 15) is 0 Å². The van der Waals surface area contributed by atoms with Gasteiger partial charge in [-0.3, -0.25) is 0 Å². The molecule has 0 amide bonds. The zero-order valence-corrected chi connectivity index (χ0v) is 9.09. The number of likely N-dealkylation sites (N-methyl/N-ethyl adjacent to an activating group) is 2. The summed E-state index contributed by atoms with van der Waals surface area (Å²) < 4.78 is 0. The molecule has 0 aromatic heterocycles. The molecular weight excluding hydrogens is 172 g/mol. The summed E-state index contributed by atoms with van der Waals surface area (Å²) in [5, 5.41) is 6.84. The first-order valence-electron chi connectivity index (χ1n) is 5.37. The number of benzene rings is 1. The van der Waals surface area contributed by atoms with E-state index in [0.717, 1.165) is 19.6 Å². The minimum absolute atomic E-state index is 0.432. The van der Waals surface area contributed by atoms with Gasteiger partial charge in [0.25, 0.3) is 0 Å². The first kappa shape index (κ1) is 11.2. The first-order chi connectivity index (χ1) is 6.88. The molecule has 0 saturated heterocycles. The molecule has 0 spiro atoms. The highest BCUT2D eigenvalue weighted by Crippen LogP contribution is 2.10.